The molecule has 0 aliphatic carbocycles. The molecule has 0 radical (unpaired) electrons. The van der Waals surface area contributed by atoms with Crippen LogP contribution in [-0.2, 0) is 4.74 Å². The van der Waals surface area contributed by atoms with Gasteiger partial charge in [-0.1, -0.05) is 28.7 Å². The minimum absolute atomic E-state index is 0. The van der Waals surface area contributed by atoms with E-state index in [0.29, 0.717) is 3.92 Å². The first-order valence-corrected chi connectivity index (χ1v) is 5.84. The Labute approximate surface area is 104 Å². The molecule has 2 rings (SSSR count). The first-order valence-electron chi connectivity index (χ1n) is 4.59. The molecule has 0 bridgehead atoms. The van der Waals surface area contributed by atoms with Crippen molar-refractivity contribution in [2.75, 3.05) is 6.61 Å². The number of hydrogen-bond donors (Lipinski definition) is 0. The summed E-state index contributed by atoms with van der Waals surface area (Å²) in [7, 11) is 0. The van der Waals surface area contributed by atoms with Crippen LogP contribution < -0.4 is 17.0 Å². The van der Waals surface area contributed by atoms with Crippen LogP contribution in [0, 0.1) is 0 Å². The lowest BCUT2D eigenvalue weighted by Gasteiger charge is -2.22. The molecule has 2 atom stereocenters. The van der Waals surface area contributed by atoms with Gasteiger partial charge in [0.05, 0.1) is 6.61 Å². The largest absolute Gasteiger partial charge is 1.00 e. The molecule has 1 aromatic rings. The third kappa shape index (κ3) is 2.81. The van der Waals surface area contributed by atoms with Gasteiger partial charge in [-0.3, -0.25) is 0 Å². The third-order valence-electron chi connectivity index (χ3n) is 2.25. The van der Waals surface area contributed by atoms with Crippen LogP contribution >= 0.6 is 22.6 Å². The van der Waals surface area contributed by atoms with E-state index in [9.17, 15) is 0 Å². The molecule has 1 aliphatic heterocycles. The molecule has 2 unspecified atom stereocenters. The van der Waals surface area contributed by atoms with E-state index in [0.717, 1.165) is 6.61 Å². The van der Waals surface area contributed by atoms with Crippen LogP contribution in [0.4, 0.5) is 0 Å². The Morgan fingerprint density at radius 3 is 2.57 bits per heavy atom. The first kappa shape index (κ1) is 12.2. The summed E-state index contributed by atoms with van der Waals surface area (Å²) >= 11 is 2.48. The van der Waals surface area contributed by atoms with Crippen molar-refractivity contribution in [1.82, 2.24) is 0 Å². The fourth-order valence-corrected chi connectivity index (χ4v) is 2.60. The smallest absolute Gasteiger partial charge is 0.274 e. The molecule has 0 aromatic carbocycles. The summed E-state index contributed by atoms with van der Waals surface area (Å²) in [5, 5.41) is 0. The van der Waals surface area contributed by atoms with Gasteiger partial charge in [-0.2, -0.15) is 4.57 Å². The van der Waals surface area contributed by atoms with Gasteiger partial charge in [-0.25, -0.2) is 0 Å². The summed E-state index contributed by atoms with van der Waals surface area (Å²) in [6.07, 6.45) is 6.82. The highest BCUT2D eigenvalue weighted by Gasteiger charge is 2.30. The van der Waals surface area contributed by atoms with E-state index >= 15 is 0 Å². The Morgan fingerprint density at radius 2 is 1.93 bits per heavy atom. The van der Waals surface area contributed by atoms with E-state index in [2.05, 4.69) is 39.6 Å². The Hall–Kier alpha value is 0.130. The van der Waals surface area contributed by atoms with Crippen LogP contribution in [0.5, 0.6) is 0 Å². The van der Waals surface area contributed by atoms with Gasteiger partial charge in [0, 0.05) is 12.1 Å². The molecule has 0 N–H and O–H groups in total. The predicted octanol–water partition coefficient (Wildman–Crippen LogP) is -0.909. The van der Waals surface area contributed by atoms with Crippen molar-refractivity contribution in [2.45, 2.75) is 23.0 Å². The van der Waals surface area contributed by atoms with Crippen molar-refractivity contribution in [3.8, 4) is 0 Å². The normalized spacial score (nSPS) is 26.6. The quantitative estimate of drug-likeness (QED) is 0.370. The Balaban J connectivity index is 0.000000980. The van der Waals surface area contributed by atoms with Crippen LogP contribution in [0.1, 0.15) is 19.1 Å². The zero-order valence-electron chi connectivity index (χ0n) is 7.77. The molecule has 78 valence electrons. The summed E-state index contributed by atoms with van der Waals surface area (Å²) in [4.78, 5) is 0. The van der Waals surface area contributed by atoms with Crippen LogP contribution in [-0.4, -0.2) is 10.5 Å². The fraction of sp³-hybridized carbons (Fsp3) is 0.500. The van der Waals surface area contributed by atoms with Gasteiger partial charge in [-0.15, -0.1) is 0 Å². The number of aromatic nitrogens is 1. The number of hydrogen-bond acceptors (Lipinski definition) is 1. The monoisotopic (exact) mass is 325 g/mol. The van der Waals surface area contributed by atoms with E-state index in [1.807, 2.05) is 18.2 Å². The van der Waals surface area contributed by atoms with Gasteiger partial charge in [0.1, 0.15) is 3.92 Å². The second kappa shape index (κ2) is 5.88. The van der Waals surface area contributed by atoms with Gasteiger partial charge in [-0.05, 0) is 12.8 Å². The summed E-state index contributed by atoms with van der Waals surface area (Å²) < 4.78 is 8.48. The first-order chi connectivity index (χ1) is 6.38. The lowest BCUT2D eigenvalue weighted by molar-refractivity contribution is -0.762. The van der Waals surface area contributed by atoms with E-state index in [1.165, 1.54) is 12.8 Å². The number of pyridine rings is 1. The second-order valence-electron chi connectivity index (χ2n) is 3.24. The average Bonchev–Trinajstić information content (AvgIpc) is 2.20. The predicted molar refractivity (Wildman–Crippen MR) is 58.7 cm³/mol. The minimum Gasteiger partial charge on any atom is -1.00 e. The van der Waals surface area contributed by atoms with E-state index in [-0.39, 0.29) is 18.6 Å². The van der Waals surface area contributed by atoms with Crippen molar-refractivity contribution in [2.24, 2.45) is 0 Å². The minimum atomic E-state index is 0. The highest BCUT2D eigenvalue weighted by molar-refractivity contribution is 14.1. The number of alkyl halides is 1. The average molecular weight is 326 g/mol. The van der Waals surface area contributed by atoms with Crippen molar-refractivity contribution < 1.29 is 21.7 Å². The molecule has 2 nitrogen and oxygen atoms in total. The zero-order chi connectivity index (χ0) is 9.10. The molecule has 0 saturated carbocycles. The number of ether oxygens (including phenoxy) is 1. The Morgan fingerprint density at radius 1 is 1.21 bits per heavy atom. The molecule has 1 fully saturated rings. The maximum Gasteiger partial charge on any atom is 0.274 e. The molecule has 0 spiro atoms. The lowest BCUT2D eigenvalue weighted by atomic mass is 10.2. The topological polar surface area (TPSA) is 13.1 Å². The van der Waals surface area contributed by atoms with E-state index in [1.54, 1.807) is 0 Å². The SMILES string of the molecule is IC1CCCOC1[n+]1ccccc1.[Cl-]. The van der Waals surface area contributed by atoms with Crippen molar-refractivity contribution >= 4 is 22.6 Å². The molecule has 1 aromatic heterocycles. The third-order valence-corrected chi connectivity index (χ3v) is 3.49. The summed E-state index contributed by atoms with van der Waals surface area (Å²) in [6.45, 7) is 0.895. The molecule has 0 amide bonds. The molecule has 4 heteroatoms. The maximum absolute atomic E-state index is 5.73. The number of nitrogens with zero attached hydrogens (tertiary/aromatic N) is 1. The van der Waals surface area contributed by atoms with Crippen LogP contribution in [0.25, 0.3) is 0 Å². The van der Waals surface area contributed by atoms with Gasteiger partial charge in [0.25, 0.3) is 6.23 Å². The maximum atomic E-state index is 5.73. The van der Waals surface area contributed by atoms with E-state index < -0.39 is 0 Å². The number of rotatable bonds is 1. The van der Waals surface area contributed by atoms with Crippen LogP contribution in [0.2, 0.25) is 0 Å². The lowest BCUT2D eigenvalue weighted by Crippen LogP contribution is -3.00. The van der Waals surface area contributed by atoms with Gasteiger partial charge in [0.15, 0.2) is 12.4 Å². The fourth-order valence-electron chi connectivity index (χ4n) is 1.58. The van der Waals surface area contributed by atoms with Crippen molar-refractivity contribution in [1.29, 1.82) is 0 Å². The van der Waals surface area contributed by atoms with Crippen molar-refractivity contribution in [3.05, 3.63) is 30.6 Å². The highest BCUT2D eigenvalue weighted by Crippen LogP contribution is 2.25. The van der Waals surface area contributed by atoms with Gasteiger partial charge in [0.2, 0.25) is 0 Å². The summed E-state index contributed by atoms with van der Waals surface area (Å²) in [5.41, 5.74) is 0. The molecule has 2 heterocycles. The van der Waals surface area contributed by atoms with Gasteiger partial charge < -0.3 is 17.1 Å². The zero-order valence-corrected chi connectivity index (χ0v) is 10.7. The standard InChI is InChI=1S/C10H13INO.ClH/c11-9-5-4-8-13-10(9)12-6-2-1-3-7-12;/h1-3,6-7,9-10H,4-5,8H2;1H/q+1;/p-1. The van der Waals surface area contributed by atoms with Crippen LogP contribution in [0.15, 0.2) is 30.6 Å². The Kier molecular flexibility index (Phi) is 5.12. The molecular weight excluding hydrogens is 312 g/mol. The second-order valence-corrected chi connectivity index (χ2v) is 4.84. The van der Waals surface area contributed by atoms with Crippen molar-refractivity contribution in [3.63, 3.8) is 0 Å². The molecule has 1 saturated heterocycles. The molecule has 1 aliphatic rings. The van der Waals surface area contributed by atoms with E-state index in [4.69, 9.17) is 4.74 Å². The Bertz CT molecular complexity index is 270. The molecule has 14 heavy (non-hydrogen) atoms. The number of halogens is 2. The summed E-state index contributed by atoms with van der Waals surface area (Å²) in [5.74, 6) is 0. The summed E-state index contributed by atoms with van der Waals surface area (Å²) in [6, 6.07) is 6.12. The molecular formula is C10H13ClINO. The van der Waals surface area contributed by atoms with Gasteiger partial charge >= 0.3 is 0 Å². The van der Waals surface area contributed by atoms with Crippen LogP contribution in [0.3, 0.4) is 0 Å². The highest BCUT2D eigenvalue weighted by atomic mass is 127.